The third kappa shape index (κ3) is 5.65. The van der Waals surface area contributed by atoms with E-state index in [1.54, 1.807) is 45.1 Å². The van der Waals surface area contributed by atoms with E-state index in [1.807, 2.05) is 6.92 Å². The van der Waals surface area contributed by atoms with Crippen molar-refractivity contribution in [1.29, 1.82) is 0 Å². The molecule has 0 spiro atoms. The number of methoxy groups -OCH3 is 1. The van der Waals surface area contributed by atoms with Crippen LogP contribution in [0.25, 0.3) is 6.08 Å². The predicted octanol–water partition coefficient (Wildman–Crippen LogP) is 3.11. The normalized spacial score (nSPS) is 13.0. The van der Waals surface area contributed by atoms with E-state index in [0.29, 0.717) is 0 Å². The van der Waals surface area contributed by atoms with Gasteiger partial charge in [0.1, 0.15) is 5.60 Å². The van der Waals surface area contributed by atoms with E-state index in [9.17, 15) is 9.90 Å². The molecule has 0 fully saturated rings. The van der Waals surface area contributed by atoms with Gasteiger partial charge in [-0.25, -0.2) is 4.79 Å². The Morgan fingerprint density at radius 3 is 2.55 bits per heavy atom. The molecule has 1 rings (SSSR count). The minimum atomic E-state index is -0.654. The lowest BCUT2D eigenvalue weighted by atomic mass is 10.1. The van der Waals surface area contributed by atoms with Gasteiger partial charge in [-0.05, 0) is 45.4 Å². The molecule has 0 saturated carbocycles. The molecule has 6 heteroatoms. The number of rotatable bonds is 4. The van der Waals surface area contributed by atoms with Crippen molar-refractivity contribution in [2.45, 2.75) is 39.3 Å². The van der Waals surface area contributed by atoms with E-state index in [2.05, 4.69) is 5.32 Å². The number of aromatic hydroxyl groups is 1. The maximum Gasteiger partial charge on any atom is 0.412 e. The molecule has 0 aliphatic carbocycles. The lowest BCUT2D eigenvalue weighted by molar-refractivity contribution is 0.0635. The highest BCUT2D eigenvalue weighted by molar-refractivity contribution is 5.88. The van der Waals surface area contributed by atoms with Gasteiger partial charge < -0.3 is 20.3 Å². The zero-order valence-electron chi connectivity index (χ0n) is 13.6. The zero-order chi connectivity index (χ0) is 16.9. The molecular weight excluding hydrogens is 284 g/mol. The first-order valence-corrected chi connectivity index (χ1v) is 6.97. The molecule has 0 aliphatic rings. The van der Waals surface area contributed by atoms with Crippen molar-refractivity contribution in [3.05, 3.63) is 23.8 Å². The second kappa shape index (κ2) is 7.17. The monoisotopic (exact) mass is 308 g/mol. The molecule has 22 heavy (non-hydrogen) atoms. The minimum absolute atomic E-state index is 0.109. The highest BCUT2D eigenvalue weighted by Crippen LogP contribution is 2.36. The van der Waals surface area contributed by atoms with Crippen molar-refractivity contribution in [3.8, 4) is 11.5 Å². The van der Waals surface area contributed by atoms with E-state index < -0.39 is 11.7 Å². The van der Waals surface area contributed by atoms with Gasteiger partial charge in [0.2, 0.25) is 0 Å². The summed E-state index contributed by atoms with van der Waals surface area (Å²) in [6.07, 6.45) is 2.92. The topological polar surface area (TPSA) is 93.8 Å². The fourth-order valence-electron chi connectivity index (χ4n) is 1.65. The van der Waals surface area contributed by atoms with Gasteiger partial charge in [0.15, 0.2) is 11.5 Å². The summed E-state index contributed by atoms with van der Waals surface area (Å²) in [4.78, 5) is 11.8. The van der Waals surface area contributed by atoms with Gasteiger partial charge in [-0.2, -0.15) is 0 Å². The Balaban J connectivity index is 3.07. The summed E-state index contributed by atoms with van der Waals surface area (Å²) in [5.74, 6) is 0.0872. The highest BCUT2D eigenvalue weighted by atomic mass is 16.6. The fourth-order valence-corrected chi connectivity index (χ4v) is 1.65. The van der Waals surface area contributed by atoms with E-state index >= 15 is 0 Å². The van der Waals surface area contributed by atoms with Crippen molar-refractivity contribution in [2.75, 3.05) is 12.4 Å². The fraction of sp³-hybridized carbons (Fsp3) is 0.438. The van der Waals surface area contributed by atoms with Crippen LogP contribution in [0.5, 0.6) is 11.5 Å². The number of nitrogens with one attached hydrogen (secondary N) is 1. The molecule has 6 nitrogen and oxygen atoms in total. The molecule has 1 unspecified atom stereocenters. The summed E-state index contributed by atoms with van der Waals surface area (Å²) in [5.41, 5.74) is 5.98. The van der Waals surface area contributed by atoms with Gasteiger partial charge in [-0.15, -0.1) is 0 Å². The quantitative estimate of drug-likeness (QED) is 0.743. The van der Waals surface area contributed by atoms with Crippen molar-refractivity contribution < 1.29 is 19.4 Å². The average molecular weight is 308 g/mol. The first-order chi connectivity index (χ1) is 10.1. The number of phenolic OH excluding ortho intramolecular Hbond substituents is 1. The third-order valence-corrected chi connectivity index (χ3v) is 2.55. The summed E-state index contributed by atoms with van der Waals surface area (Å²) in [7, 11) is 1.44. The number of anilines is 1. The van der Waals surface area contributed by atoms with Crippen LogP contribution in [-0.2, 0) is 4.74 Å². The first kappa shape index (κ1) is 17.8. The van der Waals surface area contributed by atoms with Gasteiger partial charge in [0, 0.05) is 6.04 Å². The molecule has 1 aromatic carbocycles. The van der Waals surface area contributed by atoms with Crippen LogP contribution in [0.4, 0.5) is 10.5 Å². The van der Waals surface area contributed by atoms with Gasteiger partial charge in [-0.3, -0.25) is 5.32 Å². The maximum atomic E-state index is 11.8. The number of nitrogens with two attached hydrogens (primary N) is 1. The van der Waals surface area contributed by atoms with Gasteiger partial charge in [-0.1, -0.05) is 12.2 Å². The van der Waals surface area contributed by atoms with Crippen LogP contribution in [0, 0.1) is 0 Å². The number of phenols is 1. The molecule has 0 heterocycles. The van der Waals surface area contributed by atoms with Crippen molar-refractivity contribution in [3.63, 3.8) is 0 Å². The van der Waals surface area contributed by atoms with Gasteiger partial charge in [0.25, 0.3) is 0 Å². The van der Waals surface area contributed by atoms with Crippen LogP contribution in [0.15, 0.2) is 18.2 Å². The summed E-state index contributed by atoms with van der Waals surface area (Å²) in [5, 5.41) is 12.6. The lowest BCUT2D eigenvalue weighted by Crippen LogP contribution is -2.27. The Hall–Kier alpha value is -2.21. The molecule has 1 amide bonds. The summed E-state index contributed by atoms with van der Waals surface area (Å²) in [6, 6.07) is 3.15. The zero-order valence-corrected chi connectivity index (χ0v) is 13.6. The Labute approximate surface area is 130 Å². The first-order valence-electron chi connectivity index (χ1n) is 6.97. The van der Waals surface area contributed by atoms with E-state index in [0.717, 1.165) is 5.56 Å². The number of hydrogen-bond acceptors (Lipinski definition) is 5. The molecule has 4 N–H and O–H groups in total. The Bertz CT molecular complexity index is 560. The Morgan fingerprint density at radius 1 is 1.41 bits per heavy atom. The molecule has 0 aromatic heterocycles. The van der Waals surface area contributed by atoms with E-state index in [-0.39, 0.29) is 23.2 Å². The van der Waals surface area contributed by atoms with Crippen molar-refractivity contribution >= 4 is 17.9 Å². The summed E-state index contributed by atoms with van der Waals surface area (Å²) in [6.45, 7) is 7.12. The molecule has 1 atom stereocenters. The molecule has 0 aliphatic heterocycles. The number of ether oxygens (including phenoxy) is 2. The lowest BCUT2D eigenvalue weighted by Gasteiger charge is -2.20. The van der Waals surface area contributed by atoms with Crippen molar-refractivity contribution in [1.82, 2.24) is 0 Å². The number of amides is 1. The minimum Gasteiger partial charge on any atom is -0.503 e. The van der Waals surface area contributed by atoms with Crippen LogP contribution in [-0.4, -0.2) is 30.0 Å². The largest absolute Gasteiger partial charge is 0.503 e. The molecular formula is C16H24N2O4. The van der Waals surface area contributed by atoms with Crippen molar-refractivity contribution in [2.24, 2.45) is 5.73 Å². The number of carbonyl (C=O) groups excluding carboxylic acids is 1. The van der Waals surface area contributed by atoms with Crippen LogP contribution in [0.2, 0.25) is 0 Å². The Kier molecular flexibility index (Phi) is 5.82. The molecule has 1 aromatic rings. The van der Waals surface area contributed by atoms with Crippen LogP contribution in [0.3, 0.4) is 0 Å². The third-order valence-electron chi connectivity index (χ3n) is 2.55. The number of benzene rings is 1. The van der Waals surface area contributed by atoms with Crippen LogP contribution >= 0.6 is 0 Å². The Morgan fingerprint density at radius 2 is 2.05 bits per heavy atom. The second-order valence-electron chi connectivity index (χ2n) is 5.96. The molecule has 0 bridgehead atoms. The molecule has 0 radical (unpaired) electrons. The van der Waals surface area contributed by atoms with E-state index in [1.165, 1.54) is 7.11 Å². The predicted molar refractivity (Wildman–Crippen MR) is 87.2 cm³/mol. The summed E-state index contributed by atoms with van der Waals surface area (Å²) >= 11 is 0. The summed E-state index contributed by atoms with van der Waals surface area (Å²) < 4.78 is 10.3. The maximum absolute atomic E-state index is 11.8. The SMILES string of the molecule is COc1cc(/C=C/C(C)N)cc(NC(=O)OC(C)(C)C)c1O. The number of hydrogen-bond donors (Lipinski definition) is 3. The highest BCUT2D eigenvalue weighted by Gasteiger charge is 2.18. The van der Waals surface area contributed by atoms with Gasteiger partial charge in [0.05, 0.1) is 12.8 Å². The average Bonchev–Trinajstić information content (AvgIpc) is 2.37. The van der Waals surface area contributed by atoms with Crippen LogP contribution in [0.1, 0.15) is 33.3 Å². The molecule has 0 saturated heterocycles. The smallest absolute Gasteiger partial charge is 0.412 e. The number of carbonyl (C=O) groups is 1. The van der Waals surface area contributed by atoms with Crippen LogP contribution < -0.4 is 15.8 Å². The molecule has 122 valence electrons. The standard InChI is InChI=1S/C16H24N2O4/c1-10(17)6-7-11-8-12(14(19)13(9-11)21-5)18-15(20)22-16(2,3)4/h6-10,19H,17H2,1-5H3,(H,18,20)/b7-6+. The second-order valence-corrected chi connectivity index (χ2v) is 5.96. The van der Waals surface area contributed by atoms with E-state index in [4.69, 9.17) is 15.2 Å². The van der Waals surface area contributed by atoms with Gasteiger partial charge >= 0.3 is 6.09 Å².